The Kier molecular flexibility index (Phi) is 9.80. The molecule has 9 aliphatic rings. The highest BCUT2D eigenvalue weighted by atomic mass is 16.6. The largest absolute Gasteiger partial charge is 0.460 e. The highest BCUT2D eigenvalue weighted by Crippen LogP contribution is 2.66. The van der Waals surface area contributed by atoms with Gasteiger partial charge in [0, 0.05) is 38.5 Å². The molecule has 0 spiro atoms. The number of aliphatic hydroxyl groups is 3. The van der Waals surface area contributed by atoms with Gasteiger partial charge in [-0.25, -0.2) is 4.79 Å². The van der Waals surface area contributed by atoms with Gasteiger partial charge in [0.15, 0.2) is 0 Å². The quantitative estimate of drug-likeness (QED) is 0.155. The maximum absolute atomic E-state index is 15.0. The third kappa shape index (κ3) is 7.94. The van der Waals surface area contributed by atoms with E-state index in [1.165, 1.54) is 0 Å². The molecule has 1 heterocycles. The lowest BCUT2D eigenvalue weighted by Gasteiger charge is -2.63. The van der Waals surface area contributed by atoms with Crippen molar-refractivity contribution in [3.63, 3.8) is 0 Å². The molecule has 9 unspecified atom stereocenters. The van der Waals surface area contributed by atoms with E-state index in [-0.39, 0.29) is 82.0 Å². The minimum atomic E-state index is -1.52. The van der Waals surface area contributed by atoms with Crippen molar-refractivity contribution in [3.05, 3.63) is 0 Å². The van der Waals surface area contributed by atoms with Crippen LogP contribution in [0.2, 0.25) is 0 Å². The average Bonchev–Trinajstić information content (AvgIpc) is 3.26. The van der Waals surface area contributed by atoms with E-state index in [1.807, 2.05) is 27.7 Å². The van der Waals surface area contributed by atoms with Gasteiger partial charge in [-0.1, -0.05) is 6.92 Å². The lowest BCUT2D eigenvalue weighted by molar-refractivity contribution is -0.265. The predicted molar refractivity (Wildman–Crippen MR) is 207 cm³/mol. The first-order chi connectivity index (χ1) is 26.3. The molecule has 0 aromatic rings. The fraction of sp³-hybridized carbons (Fsp3) is 0.889. The summed E-state index contributed by atoms with van der Waals surface area (Å²) in [7, 11) is 0. The van der Waals surface area contributed by atoms with Gasteiger partial charge < -0.3 is 39.0 Å². The van der Waals surface area contributed by atoms with Crippen LogP contribution in [0.4, 0.5) is 0 Å². The van der Waals surface area contributed by atoms with Crippen LogP contribution >= 0.6 is 0 Å². The third-order valence-electron chi connectivity index (χ3n) is 14.9. The van der Waals surface area contributed by atoms with Crippen LogP contribution in [0.1, 0.15) is 172 Å². The van der Waals surface area contributed by atoms with Crippen LogP contribution in [0.5, 0.6) is 0 Å². The monoisotopic (exact) mass is 816 g/mol. The van der Waals surface area contributed by atoms with E-state index < -0.39 is 90.8 Å². The number of carbonyl (C=O) groups is 5. The first-order valence-corrected chi connectivity index (χ1v) is 21.6. The fourth-order valence-corrected chi connectivity index (χ4v) is 13.8. The Balaban J connectivity index is 1.17. The summed E-state index contributed by atoms with van der Waals surface area (Å²) in [4.78, 5) is 70.2. The number of esters is 5. The second kappa shape index (κ2) is 13.1. The summed E-state index contributed by atoms with van der Waals surface area (Å²) in [6.45, 7) is 17.4. The zero-order valence-electron chi connectivity index (χ0n) is 36.5. The molecule has 0 radical (unpaired) electrons. The van der Waals surface area contributed by atoms with Crippen LogP contribution in [0.15, 0.2) is 0 Å². The van der Waals surface area contributed by atoms with Crippen molar-refractivity contribution in [3.8, 4) is 0 Å². The Labute approximate surface area is 343 Å². The molecule has 1 saturated heterocycles. The Hall–Kier alpha value is -2.77. The minimum Gasteiger partial charge on any atom is -0.460 e. The summed E-state index contributed by atoms with van der Waals surface area (Å²) >= 11 is 0. The van der Waals surface area contributed by atoms with Crippen molar-refractivity contribution < 1.29 is 63.0 Å². The number of cyclic esters (lactones) is 1. The van der Waals surface area contributed by atoms with Gasteiger partial charge in [0.2, 0.25) is 6.10 Å². The fourth-order valence-electron chi connectivity index (χ4n) is 13.8. The van der Waals surface area contributed by atoms with Crippen LogP contribution in [0, 0.1) is 33.5 Å². The Morgan fingerprint density at radius 1 is 0.655 bits per heavy atom. The third-order valence-corrected chi connectivity index (χ3v) is 14.9. The number of ether oxygens (including phenoxy) is 5. The topological polar surface area (TPSA) is 192 Å². The Bertz CT molecular complexity index is 1740. The first-order valence-electron chi connectivity index (χ1n) is 21.6. The molecule has 9 atom stereocenters. The van der Waals surface area contributed by atoms with E-state index >= 15 is 0 Å². The molecular weight excluding hydrogens is 748 g/mol. The number of hydrogen-bond donors (Lipinski definition) is 3. The normalized spacial score (nSPS) is 41.6. The zero-order chi connectivity index (χ0) is 43.0. The summed E-state index contributed by atoms with van der Waals surface area (Å²) in [5, 5.41) is 34.9. The minimum absolute atomic E-state index is 0.0258. The lowest BCUT2D eigenvalue weighted by atomic mass is 9.46. The van der Waals surface area contributed by atoms with Gasteiger partial charge in [0.05, 0.1) is 38.5 Å². The van der Waals surface area contributed by atoms with E-state index in [1.54, 1.807) is 41.5 Å². The highest BCUT2D eigenvalue weighted by Gasteiger charge is 2.69. The SMILES string of the molecule is CCC(C)(CC(C)(CC(C)(C)C(=O)OC1CC(C)(C)OC1=O)C(=O)OC12CC3CC(O)(CC(O)(C3)C1)C2)C(=O)OC12CC3CC(O)(C1)CC(C(=O)OC(C)(C)C)(C3)C2. The molecule has 3 N–H and O–H groups in total. The van der Waals surface area contributed by atoms with Gasteiger partial charge in [-0.2, -0.15) is 0 Å². The lowest BCUT2D eigenvalue weighted by Crippen LogP contribution is -2.67. The zero-order valence-corrected chi connectivity index (χ0v) is 36.5. The second-order valence-corrected chi connectivity index (χ2v) is 23.6. The molecule has 326 valence electrons. The summed E-state index contributed by atoms with van der Waals surface area (Å²) in [5.41, 5.74) is -12.5. The van der Waals surface area contributed by atoms with Crippen molar-refractivity contribution in [2.45, 2.75) is 217 Å². The average molecular weight is 817 g/mol. The maximum Gasteiger partial charge on any atom is 0.348 e. The summed E-state index contributed by atoms with van der Waals surface area (Å²) < 4.78 is 30.2. The summed E-state index contributed by atoms with van der Waals surface area (Å²) in [6.07, 6.45) is 3.45. The standard InChI is InChI=1S/C45H68O13/c1-11-38(9,32(48)57-44-16-27-12-40(22-44,21-41(51,13-27)24-44)34(50)56-35(2,3)4)20-39(10,19-36(5,6)31(47)54-29-18-37(7,8)55-30(29)46)33(49)58-45-17-28-14-42(52,25-45)23-43(53,15-28)26-45/h27-29,51-53H,11-26H2,1-10H3. The van der Waals surface area contributed by atoms with Crippen molar-refractivity contribution >= 4 is 29.8 Å². The van der Waals surface area contributed by atoms with Gasteiger partial charge in [0.25, 0.3) is 0 Å². The van der Waals surface area contributed by atoms with Gasteiger partial charge in [-0.05, 0) is 138 Å². The molecule has 1 aliphatic heterocycles. The number of rotatable bonds is 12. The predicted octanol–water partition coefficient (Wildman–Crippen LogP) is 5.93. The number of carbonyl (C=O) groups excluding carboxylic acids is 5. The summed E-state index contributed by atoms with van der Waals surface area (Å²) in [6, 6.07) is 0. The van der Waals surface area contributed by atoms with Crippen molar-refractivity contribution in [1.29, 1.82) is 0 Å². The second-order valence-electron chi connectivity index (χ2n) is 23.6. The molecular formula is C45H68O13. The van der Waals surface area contributed by atoms with E-state index in [2.05, 4.69) is 0 Å². The Morgan fingerprint density at radius 3 is 1.62 bits per heavy atom. The first kappa shape index (κ1) is 43.3. The van der Waals surface area contributed by atoms with Crippen LogP contribution in [-0.2, 0) is 47.7 Å². The van der Waals surface area contributed by atoms with Gasteiger partial charge in [-0.15, -0.1) is 0 Å². The van der Waals surface area contributed by atoms with Crippen LogP contribution in [-0.4, -0.2) is 90.5 Å². The molecule has 8 saturated carbocycles. The van der Waals surface area contributed by atoms with Gasteiger partial charge >= 0.3 is 29.8 Å². The molecule has 0 aromatic heterocycles. The molecule has 13 heteroatoms. The van der Waals surface area contributed by atoms with Crippen LogP contribution < -0.4 is 0 Å². The molecule has 8 aliphatic carbocycles. The maximum atomic E-state index is 15.0. The molecule has 13 nitrogen and oxygen atoms in total. The summed E-state index contributed by atoms with van der Waals surface area (Å²) in [5.74, 6) is -3.05. The van der Waals surface area contributed by atoms with Crippen LogP contribution in [0.25, 0.3) is 0 Å². The smallest absolute Gasteiger partial charge is 0.348 e. The molecule has 58 heavy (non-hydrogen) atoms. The molecule has 0 aromatic carbocycles. The molecule has 9 rings (SSSR count). The highest BCUT2D eigenvalue weighted by molar-refractivity contribution is 5.85. The number of hydrogen-bond acceptors (Lipinski definition) is 13. The van der Waals surface area contributed by atoms with Crippen molar-refractivity contribution in [2.75, 3.05) is 0 Å². The van der Waals surface area contributed by atoms with E-state index in [9.17, 15) is 39.3 Å². The Morgan fingerprint density at radius 2 is 1.16 bits per heavy atom. The van der Waals surface area contributed by atoms with E-state index in [4.69, 9.17) is 23.7 Å². The van der Waals surface area contributed by atoms with E-state index in [0.29, 0.717) is 38.5 Å². The van der Waals surface area contributed by atoms with Crippen molar-refractivity contribution in [1.82, 2.24) is 0 Å². The molecule has 0 amide bonds. The van der Waals surface area contributed by atoms with Gasteiger partial charge in [-0.3, -0.25) is 19.2 Å². The van der Waals surface area contributed by atoms with E-state index in [0.717, 1.165) is 0 Å². The molecule has 9 fully saturated rings. The van der Waals surface area contributed by atoms with Crippen LogP contribution in [0.3, 0.4) is 0 Å². The van der Waals surface area contributed by atoms with Gasteiger partial charge in [0.1, 0.15) is 22.4 Å². The molecule has 8 bridgehead atoms. The van der Waals surface area contributed by atoms with Crippen molar-refractivity contribution in [2.24, 2.45) is 33.5 Å².